The highest BCUT2D eigenvalue weighted by molar-refractivity contribution is 7.15. The molecule has 1 atom stereocenters. The molecule has 0 aliphatic heterocycles. The van der Waals surface area contributed by atoms with Crippen molar-refractivity contribution in [3.63, 3.8) is 0 Å². The van der Waals surface area contributed by atoms with Gasteiger partial charge in [-0.05, 0) is 20.3 Å². The zero-order valence-corrected chi connectivity index (χ0v) is 10.1. The molecule has 1 unspecified atom stereocenters. The summed E-state index contributed by atoms with van der Waals surface area (Å²) in [7, 11) is 0. The van der Waals surface area contributed by atoms with Gasteiger partial charge in [0.05, 0.1) is 6.54 Å². The Morgan fingerprint density at radius 3 is 2.93 bits per heavy atom. The number of aromatic nitrogens is 1. The van der Waals surface area contributed by atoms with Crippen LogP contribution >= 0.6 is 11.3 Å². The van der Waals surface area contributed by atoms with Gasteiger partial charge in [0.15, 0.2) is 5.13 Å². The standard InChI is InChI=1S/C10H17N3OS/c1-4-7(2)11-6-9(14)13-10-12-5-8(3)15-10/h5,7,11H,4,6H2,1-3H3,(H,12,13,14). The van der Waals surface area contributed by atoms with Gasteiger partial charge in [0.25, 0.3) is 0 Å². The summed E-state index contributed by atoms with van der Waals surface area (Å²) in [4.78, 5) is 16.6. The van der Waals surface area contributed by atoms with Crippen LogP contribution in [0.3, 0.4) is 0 Å². The lowest BCUT2D eigenvalue weighted by atomic mass is 10.2. The van der Waals surface area contributed by atoms with E-state index < -0.39 is 0 Å². The number of thiazole rings is 1. The van der Waals surface area contributed by atoms with E-state index in [0.29, 0.717) is 17.7 Å². The van der Waals surface area contributed by atoms with Gasteiger partial charge in [-0.1, -0.05) is 6.92 Å². The Labute approximate surface area is 94.1 Å². The van der Waals surface area contributed by atoms with Gasteiger partial charge in [0.2, 0.25) is 5.91 Å². The maximum Gasteiger partial charge on any atom is 0.240 e. The molecule has 0 saturated heterocycles. The van der Waals surface area contributed by atoms with Crippen molar-refractivity contribution in [2.24, 2.45) is 0 Å². The summed E-state index contributed by atoms with van der Waals surface area (Å²) in [6.07, 6.45) is 2.77. The van der Waals surface area contributed by atoms with Crippen LogP contribution in [0.5, 0.6) is 0 Å². The first-order chi connectivity index (χ1) is 7.11. The minimum atomic E-state index is -0.0374. The fourth-order valence-corrected chi connectivity index (χ4v) is 1.67. The molecule has 5 heteroatoms. The fraction of sp³-hybridized carbons (Fsp3) is 0.600. The molecule has 0 aliphatic carbocycles. The summed E-state index contributed by atoms with van der Waals surface area (Å²) in [5.41, 5.74) is 0. The number of nitrogens with one attached hydrogen (secondary N) is 2. The van der Waals surface area contributed by atoms with Crippen LogP contribution in [-0.2, 0) is 4.79 Å². The molecule has 84 valence electrons. The SMILES string of the molecule is CCC(C)NCC(=O)Nc1ncc(C)s1. The first kappa shape index (κ1) is 12.1. The first-order valence-corrected chi connectivity index (χ1v) is 5.89. The smallest absolute Gasteiger partial charge is 0.240 e. The third-order valence-electron chi connectivity index (χ3n) is 2.09. The van der Waals surface area contributed by atoms with E-state index in [9.17, 15) is 4.79 Å². The molecule has 4 nitrogen and oxygen atoms in total. The van der Waals surface area contributed by atoms with Crippen LogP contribution in [0.2, 0.25) is 0 Å². The van der Waals surface area contributed by atoms with Crippen molar-refractivity contribution in [1.29, 1.82) is 0 Å². The summed E-state index contributed by atoms with van der Waals surface area (Å²) < 4.78 is 0. The topological polar surface area (TPSA) is 54.0 Å². The Morgan fingerprint density at radius 2 is 2.40 bits per heavy atom. The number of amides is 1. The van der Waals surface area contributed by atoms with Crippen LogP contribution in [0.25, 0.3) is 0 Å². The zero-order valence-electron chi connectivity index (χ0n) is 9.33. The second kappa shape index (κ2) is 5.82. The normalized spacial score (nSPS) is 12.5. The minimum absolute atomic E-state index is 0.0374. The largest absolute Gasteiger partial charge is 0.306 e. The predicted octanol–water partition coefficient (Wildman–Crippen LogP) is 1.78. The Hall–Kier alpha value is -0.940. The van der Waals surface area contributed by atoms with Crippen LogP contribution in [0.1, 0.15) is 25.1 Å². The molecule has 0 fully saturated rings. The molecule has 15 heavy (non-hydrogen) atoms. The maximum absolute atomic E-state index is 11.4. The van der Waals surface area contributed by atoms with E-state index in [2.05, 4.69) is 29.5 Å². The van der Waals surface area contributed by atoms with Gasteiger partial charge in [0, 0.05) is 17.1 Å². The van der Waals surface area contributed by atoms with Crippen molar-refractivity contribution < 1.29 is 4.79 Å². The first-order valence-electron chi connectivity index (χ1n) is 5.07. The summed E-state index contributed by atoms with van der Waals surface area (Å²) in [5.74, 6) is -0.0374. The molecule has 0 spiro atoms. The molecular weight excluding hydrogens is 210 g/mol. The molecule has 1 aromatic heterocycles. The number of carbonyl (C=O) groups excluding carboxylic acids is 1. The number of hydrogen-bond donors (Lipinski definition) is 2. The van der Waals surface area contributed by atoms with Crippen LogP contribution in [-0.4, -0.2) is 23.5 Å². The zero-order chi connectivity index (χ0) is 11.3. The summed E-state index contributed by atoms with van der Waals surface area (Å²) in [6, 6.07) is 0.369. The van der Waals surface area contributed by atoms with Gasteiger partial charge >= 0.3 is 0 Å². The number of hydrogen-bond acceptors (Lipinski definition) is 4. The van der Waals surface area contributed by atoms with E-state index in [0.717, 1.165) is 11.3 Å². The van der Waals surface area contributed by atoms with Crippen LogP contribution in [0, 0.1) is 6.92 Å². The summed E-state index contributed by atoms with van der Waals surface area (Å²) >= 11 is 1.49. The van der Waals surface area contributed by atoms with Crippen LogP contribution in [0.4, 0.5) is 5.13 Å². The Morgan fingerprint density at radius 1 is 1.67 bits per heavy atom. The van der Waals surface area contributed by atoms with Crippen molar-refractivity contribution in [2.75, 3.05) is 11.9 Å². The molecule has 1 amide bonds. The van der Waals surface area contributed by atoms with Crippen molar-refractivity contribution in [1.82, 2.24) is 10.3 Å². The lowest BCUT2D eigenvalue weighted by molar-refractivity contribution is -0.115. The molecule has 1 heterocycles. The lowest BCUT2D eigenvalue weighted by Gasteiger charge is -2.09. The Kier molecular flexibility index (Phi) is 4.71. The van der Waals surface area contributed by atoms with E-state index in [1.54, 1.807) is 6.20 Å². The highest BCUT2D eigenvalue weighted by Gasteiger charge is 2.06. The number of rotatable bonds is 5. The molecule has 0 saturated carbocycles. The van der Waals surface area contributed by atoms with E-state index in [-0.39, 0.29) is 5.91 Å². The Bertz CT molecular complexity index is 324. The number of nitrogens with zero attached hydrogens (tertiary/aromatic N) is 1. The minimum Gasteiger partial charge on any atom is -0.306 e. The van der Waals surface area contributed by atoms with Crippen LogP contribution < -0.4 is 10.6 Å². The van der Waals surface area contributed by atoms with Crippen molar-refractivity contribution in [2.45, 2.75) is 33.2 Å². The predicted molar refractivity (Wildman–Crippen MR) is 63.2 cm³/mol. The second-order valence-electron chi connectivity index (χ2n) is 3.51. The highest BCUT2D eigenvalue weighted by Crippen LogP contribution is 2.15. The monoisotopic (exact) mass is 227 g/mol. The third kappa shape index (κ3) is 4.40. The van der Waals surface area contributed by atoms with E-state index in [1.807, 2.05) is 6.92 Å². The van der Waals surface area contributed by atoms with E-state index >= 15 is 0 Å². The molecular formula is C10H17N3OS. The molecule has 0 aliphatic rings. The number of anilines is 1. The van der Waals surface area contributed by atoms with Crippen molar-refractivity contribution in [3.8, 4) is 0 Å². The van der Waals surface area contributed by atoms with Crippen molar-refractivity contribution in [3.05, 3.63) is 11.1 Å². The van der Waals surface area contributed by atoms with Gasteiger partial charge < -0.3 is 10.6 Å². The molecule has 0 radical (unpaired) electrons. The number of carbonyl (C=O) groups is 1. The van der Waals surface area contributed by atoms with Gasteiger partial charge in [-0.15, -0.1) is 11.3 Å². The van der Waals surface area contributed by atoms with Gasteiger partial charge in [-0.3, -0.25) is 4.79 Å². The molecule has 0 aromatic carbocycles. The molecule has 0 bridgehead atoms. The quantitative estimate of drug-likeness (QED) is 0.806. The average molecular weight is 227 g/mol. The molecule has 2 N–H and O–H groups in total. The van der Waals surface area contributed by atoms with Crippen molar-refractivity contribution >= 4 is 22.4 Å². The average Bonchev–Trinajstić information content (AvgIpc) is 2.60. The summed E-state index contributed by atoms with van der Waals surface area (Å²) in [5, 5.41) is 6.54. The molecule has 1 rings (SSSR count). The summed E-state index contributed by atoms with van der Waals surface area (Å²) in [6.45, 7) is 6.44. The Balaban J connectivity index is 2.30. The number of aryl methyl sites for hydroxylation is 1. The van der Waals surface area contributed by atoms with E-state index in [4.69, 9.17) is 0 Å². The fourth-order valence-electron chi connectivity index (χ4n) is 0.987. The highest BCUT2D eigenvalue weighted by atomic mass is 32.1. The maximum atomic E-state index is 11.4. The van der Waals surface area contributed by atoms with E-state index in [1.165, 1.54) is 11.3 Å². The van der Waals surface area contributed by atoms with Gasteiger partial charge in [-0.25, -0.2) is 4.98 Å². The van der Waals surface area contributed by atoms with Gasteiger partial charge in [-0.2, -0.15) is 0 Å². The van der Waals surface area contributed by atoms with Gasteiger partial charge in [0.1, 0.15) is 0 Å². The second-order valence-corrected chi connectivity index (χ2v) is 4.75. The molecule has 1 aromatic rings. The lowest BCUT2D eigenvalue weighted by Crippen LogP contribution is -2.33. The third-order valence-corrected chi connectivity index (χ3v) is 2.92. The van der Waals surface area contributed by atoms with Crippen LogP contribution in [0.15, 0.2) is 6.20 Å².